The smallest absolute Gasteiger partial charge is 0.129 e. The highest BCUT2D eigenvalue weighted by molar-refractivity contribution is 5.52. The zero-order chi connectivity index (χ0) is 13.7. The van der Waals surface area contributed by atoms with Gasteiger partial charge in [0.1, 0.15) is 17.2 Å². The molecule has 1 atom stereocenters. The van der Waals surface area contributed by atoms with Gasteiger partial charge in [-0.15, -0.1) is 0 Å². The van der Waals surface area contributed by atoms with E-state index in [0.717, 1.165) is 5.56 Å². The Bertz CT molecular complexity index is 362. The van der Waals surface area contributed by atoms with Crippen LogP contribution in [0.2, 0.25) is 0 Å². The van der Waals surface area contributed by atoms with Crippen LogP contribution < -0.4 is 14.2 Å². The molecule has 1 aromatic rings. The van der Waals surface area contributed by atoms with Gasteiger partial charge in [-0.3, -0.25) is 0 Å². The standard InChI is InChI=1S/C14H22O4/c1-9(2)11(8-15)14-12(17-4)6-10(16-3)7-13(14)18-5/h6-7,9,11,15H,8H2,1-5H3. The van der Waals surface area contributed by atoms with Crippen molar-refractivity contribution in [1.82, 2.24) is 0 Å². The summed E-state index contributed by atoms with van der Waals surface area (Å²) in [5.74, 6) is 2.29. The number of aliphatic hydroxyl groups is 1. The molecule has 0 aliphatic heterocycles. The van der Waals surface area contributed by atoms with E-state index in [2.05, 4.69) is 13.8 Å². The quantitative estimate of drug-likeness (QED) is 0.847. The molecule has 0 radical (unpaired) electrons. The van der Waals surface area contributed by atoms with Crippen molar-refractivity contribution in [1.29, 1.82) is 0 Å². The van der Waals surface area contributed by atoms with Gasteiger partial charge in [-0.1, -0.05) is 13.8 Å². The molecule has 0 aromatic heterocycles. The number of benzene rings is 1. The lowest BCUT2D eigenvalue weighted by molar-refractivity contribution is 0.229. The molecule has 1 rings (SSSR count). The summed E-state index contributed by atoms with van der Waals surface area (Å²) >= 11 is 0. The summed E-state index contributed by atoms with van der Waals surface area (Å²) in [4.78, 5) is 0. The Balaban J connectivity index is 3.38. The summed E-state index contributed by atoms with van der Waals surface area (Å²) in [6, 6.07) is 3.62. The van der Waals surface area contributed by atoms with Gasteiger partial charge in [-0.25, -0.2) is 0 Å². The van der Waals surface area contributed by atoms with Gasteiger partial charge < -0.3 is 19.3 Å². The monoisotopic (exact) mass is 254 g/mol. The van der Waals surface area contributed by atoms with Crippen LogP contribution in [0.4, 0.5) is 0 Å². The molecule has 4 heteroatoms. The second-order valence-electron chi connectivity index (χ2n) is 4.48. The maximum absolute atomic E-state index is 9.57. The molecular weight excluding hydrogens is 232 g/mol. The van der Waals surface area contributed by atoms with E-state index in [1.807, 2.05) is 12.1 Å². The highest BCUT2D eigenvalue weighted by atomic mass is 16.5. The molecule has 0 fully saturated rings. The van der Waals surface area contributed by atoms with Crippen LogP contribution in [0.3, 0.4) is 0 Å². The van der Waals surface area contributed by atoms with Gasteiger partial charge in [0.25, 0.3) is 0 Å². The lowest BCUT2D eigenvalue weighted by atomic mass is 9.87. The van der Waals surface area contributed by atoms with E-state index >= 15 is 0 Å². The zero-order valence-electron chi connectivity index (χ0n) is 11.7. The van der Waals surface area contributed by atoms with Crippen molar-refractivity contribution in [2.75, 3.05) is 27.9 Å². The average Bonchev–Trinajstić information content (AvgIpc) is 2.38. The van der Waals surface area contributed by atoms with Crippen LogP contribution >= 0.6 is 0 Å². The van der Waals surface area contributed by atoms with Crippen LogP contribution in [-0.2, 0) is 0 Å². The van der Waals surface area contributed by atoms with Crippen molar-refractivity contribution in [3.8, 4) is 17.2 Å². The fourth-order valence-electron chi connectivity index (χ4n) is 2.03. The molecule has 1 unspecified atom stereocenters. The van der Waals surface area contributed by atoms with E-state index < -0.39 is 0 Å². The molecule has 0 aliphatic carbocycles. The first-order valence-corrected chi connectivity index (χ1v) is 5.99. The third-order valence-corrected chi connectivity index (χ3v) is 3.13. The minimum absolute atomic E-state index is 0.0270. The first kappa shape index (κ1) is 14.6. The van der Waals surface area contributed by atoms with Crippen molar-refractivity contribution in [3.05, 3.63) is 17.7 Å². The summed E-state index contributed by atoms with van der Waals surface area (Å²) in [6.45, 7) is 4.17. The molecule has 102 valence electrons. The predicted octanol–water partition coefficient (Wildman–Crippen LogP) is 2.44. The number of rotatable bonds is 6. The highest BCUT2D eigenvalue weighted by Crippen LogP contribution is 2.41. The van der Waals surface area contributed by atoms with Crippen molar-refractivity contribution in [3.63, 3.8) is 0 Å². The molecule has 0 spiro atoms. The van der Waals surface area contributed by atoms with Gasteiger partial charge in [-0.2, -0.15) is 0 Å². The van der Waals surface area contributed by atoms with E-state index in [4.69, 9.17) is 14.2 Å². The largest absolute Gasteiger partial charge is 0.496 e. The summed E-state index contributed by atoms with van der Waals surface area (Å²) in [6.07, 6.45) is 0. The van der Waals surface area contributed by atoms with E-state index in [1.54, 1.807) is 21.3 Å². The molecule has 0 saturated heterocycles. The van der Waals surface area contributed by atoms with E-state index in [-0.39, 0.29) is 18.4 Å². The Kier molecular flexibility index (Phi) is 5.28. The topological polar surface area (TPSA) is 47.9 Å². The van der Waals surface area contributed by atoms with Crippen LogP contribution in [0.5, 0.6) is 17.2 Å². The van der Waals surface area contributed by atoms with Crippen LogP contribution in [0, 0.1) is 5.92 Å². The lowest BCUT2D eigenvalue weighted by Crippen LogP contribution is -2.14. The van der Waals surface area contributed by atoms with Gasteiger partial charge in [0.15, 0.2) is 0 Å². The maximum atomic E-state index is 9.57. The summed E-state index contributed by atoms with van der Waals surface area (Å²) < 4.78 is 16.0. The number of ether oxygens (including phenoxy) is 3. The fraction of sp³-hybridized carbons (Fsp3) is 0.571. The highest BCUT2D eigenvalue weighted by Gasteiger charge is 2.24. The average molecular weight is 254 g/mol. The maximum Gasteiger partial charge on any atom is 0.129 e. The van der Waals surface area contributed by atoms with Crippen molar-refractivity contribution >= 4 is 0 Å². The molecule has 0 heterocycles. The molecule has 4 nitrogen and oxygen atoms in total. The molecule has 1 aromatic carbocycles. The van der Waals surface area contributed by atoms with Crippen molar-refractivity contribution in [2.24, 2.45) is 5.92 Å². The molecule has 0 amide bonds. The third kappa shape index (κ3) is 2.88. The van der Waals surface area contributed by atoms with Crippen molar-refractivity contribution in [2.45, 2.75) is 19.8 Å². The predicted molar refractivity (Wildman–Crippen MR) is 70.8 cm³/mol. The Morgan fingerprint density at radius 3 is 1.78 bits per heavy atom. The van der Waals surface area contributed by atoms with Crippen LogP contribution in [0.25, 0.3) is 0 Å². The fourth-order valence-corrected chi connectivity index (χ4v) is 2.03. The summed E-state index contributed by atoms with van der Waals surface area (Å²) in [5.41, 5.74) is 0.887. The SMILES string of the molecule is COc1cc(OC)c(C(CO)C(C)C)c(OC)c1. The van der Waals surface area contributed by atoms with E-state index in [9.17, 15) is 5.11 Å². The Morgan fingerprint density at radius 2 is 1.50 bits per heavy atom. The number of hydrogen-bond donors (Lipinski definition) is 1. The zero-order valence-corrected chi connectivity index (χ0v) is 11.7. The normalized spacial score (nSPS) is 12.4. The van der Waals surface area contributed by atoms with Crippen LogP contribution in [0.15, 0.2) is 12.1 Å². The van der Waals surface area contributed by atoms with Crippen molar-refractivity contribution < 1.29 is 19.3 Å². The van der Waals surface area contributed by atoms with E-state index in [1.165, 1.54) is 0 Å². The second kappa shape index (κ2) is 6.50. The van der Waals surface area contributed by atoms with Gasteiger partial charge in [0.2, 0.25) is 0 Å². The number of aliphatic hydroxyl groups excluding tert-OH is 1. The Hall–Kier alpha value is -1.42. The van der Waals surface area contributed by atoms with Gasteiger partial charge in [-0.05, 0) is 5.92 Å². The minimum Gasteiger partial charge on any atom is -0.496 e. The number of methoxy groups -OCH3 is 3. The first-order chi connectivity index (χ1) is 8.58. The minimum atomic E-state index is -0.0270. The lowest BCUT2D eigenvalue weighted by Gasteiger charge is -2.24. The Morgan fingerprint density at radius 1 is 1.00 bits per heavy atom. The van der Waals surface area contributed by atoms with Crippen LogP contribution in [0.1, 0.15) is 25.3 Å². The van der Waals surface area contributed by atoms with Gasteiger partial charge in [0.05, 0.1) is 27.9 Å². The summed E-state index contributed by atoms with van der Waals surface area (Å²) in [5, 5.41) is 9.57. The first-order valence-electron chi connectivity index (χ1n) is 5.99. The molecule has 18 heavy (non-hydrogen) atoms. The van der Waals surface area contributed by atoms with E-state index in [0.29, 0.717) is 17.2 Å². The molecule has 0 aliphatic rings. The molecular formula is C14H22O4. The third-order valence-electron chi connectivity index (χ3n) is 3.13. The molecule has 0 saturated carbocycles. The van der Waals surface area contributed by atoms with Crippen LogP contribution in [-0.4, -0.2) is 33.0 Å². The second-order valence-corrected chi connectivity index (χ2v) is 4.48. The molecule has 1 N–H and O–H groups in total. The molecule has 0 bridgehead atoms. The Labute approximate surface area is 108 Å². The van der Waals surface area contributed by atoms with Gasteiger partial charge in [0, 0.05) is 23.6 Å². The number of hydrogen-bond acceptors (Lipinski definition) is 4. The van der Waals surface area contributed by atoms with Gasteiger partial charge >= 0.3 is 0 Å². The summed E-state index contributed by atoms with van der Waals surface area (Å²) in [7, 11) is 4.80.